The van der Waals surface area contributed by atoms with Crippen LogP contribution in [0.4, 0.5) is 0 Å². The van der Waals surface area contributed by atoms with E-state index in [9.17, 15) is 9.90 Å². The maximum Gasteiger partial charge on any atom is 0.159 e. The molecule has 337 valence electrons. The van der Waals surface area contributed by atoms with Crippen LogP contribution in [0.5, 0.6) is 0 Å². The van der Waals surface area contributed by atoms with Crippen LogP contribution < -0.4 is 0 Å². The average Bonchev–Trinajstić information content (AvgIpc) is 4.06. The number of aliphatic hydroxyl groups is 1. The molecule has 2 fully saturated rings. The molecule has 0 saturated heterocycles. The Labute approximate surface area is 402 Å². The van der Waals surface area contributed by atoms with Gasteiger partial charge in [-0.3, -0.25) is 4.79 Å². The molecule has 6 aromatic rings. The molecule has 2 aliphatic rings. The van der Waals surface area contributed by atoms with Gasteiger partial charge in [-0.15, -0.1) is 70.8 Å². The first-order chi connectivity index (χ1) is 31.4. The van der Waals surface area contributed by atoms with Gasteiger partial charge in [-0.25, -0.2) is 0 Å². The van der Waals surface area contributed by atoms with E-state index in [2.05, 4.69) is 82.8 Å². The summed E-state index contributed by atoms with van der Waals surface area (Å²) in [5.41, 5.74) is 10.0. The Morgan fingerprint density at radius 3 is 1.56 bits per heavy atom. The molecule has 2 saturated carbocycles. The van der Waals surface area contributed by atoms with E-state index in [0.717, 1.165) is 70.5 Å². The van der Waals surface area contributed by atoms with Crippen molar-refractivity contribution < 1.29 is 34.1 Å². The molecular formula is C59H68IrN2O2-2. The Morgan fingerprint density at radius 2 is 1.08 bits per heavy atom. The van der Waals surface area contributed by atoms with Crippen LogP contribution in [0.15, 0.2) is 146 Å². The monoisotopic (exact) mass is 1030 g/mol. The van der Waals surface area contributed by atoms with Gasteiger partial charge in [-0.1, -0.05) is 177 Å². The Balaban J connectivity index is 0.000000194. The van der Waals surface area contributed by atoms with E-state index in [1.54, 1.807) is 6.20 Å². The number of aromatic nitrogens is 2. The number of aliphatic hydroxyl groups excluding tert-OH is 1. The van der Waals surface area contributed by atoms with Crippen LogP contribution in [0.2, 0.25) is 0 Å². The smallest absolute Gasteiger partial charge is 0.159 e. The van der Waals surface area contributed by atoms with Crippen LogP contribution in [-0.2, 0) is 37.7 Å². The second-order valence-electron chi connectivity index (χ2n) is 19.5. The molecule has 2 aromatic heterocycles. The first-order valence-electron chi connectivity index (χ1n) is 24.5. The third-order valence-corrected chi connectivity index (χ3v) is 11.2. The molecule has 0 amide bonds. The standard InChI is InChI=1S/2C23H22N.C13H24O2.Ir/c2*1-2-9-20(10-3-1)21-11-6-12-22(17-21)23-16-19(13-14-24-23)15-18-7-4-5-8-18;1-12(2,3)8-10(14)7-11(15)9-13(4,5)6;/h2*1-3,6,9-11,13-14,16-18H,4-5,7-8,15H2;7,14H,8-9H2,1-6H3;/q2*-1;;/b;;10-7-;/i15D2;15D;;. The largest absolute Gasteiger partial charge is 0.512 e. The summed E-state index contributed by atoms with van der Waals surface area (Å²) in [7, 11) is 0. The van der Waals surface area contributed by atoms with Crippen molar-refractivity contribution in [2.45, 2.75) is 119 Å². The SMILES string of the molecule is CC(C)(C)CC(=O)/C=C(\O)CC(C)(C)C.[2H]C([2H])(c1ccnc(-c2[c-]ccc(-c3ccccc3)c2)c1)C1CCCC1.[2H]C(c1ccnc(-c2[c-]ccc(-c3ccccc3)c2)c1)C1CCCC1.[Ir]. The van der Waals surface area contributed by atoms with E-state index >= 15 is 0 Å². The molecule has 1 unspecified atom stereocenters. The Bertz CT molecular complexity index is 2500. The molecule has 8 rings (SSSR count). The van der Waals surface area contributed by atoms with Crippen LogP contribution in [0.1, 0.15) is 121 Å². The van der Waals surface area contributed by atoms with Crippen LogP contribution >= 0.6 is 0 Å². The zero-order chi connectivity index (χ0) is 47.3. The predicted octanol–water partition coefficient (Wildman–Crippen LogP) is 15.8. The summed E-state index contributed by atoms with van der Waals surface area (Å²) >= 11 is 0. The van der Waals surface area contributed by atoms with Crippen molar-refractivity contribution in [1.29, 1.82) is 0 Å². The summed E-state index contributed by atoms with van der Waals surface area (Å²) in [4.78, 5) is 20.5. The van der Waals surface area contributed by atoms with Crippen molar-refractivity contribution in [3.63, 3.8) is 0 Å². The van der Waals surface area contributed by atoms with E-state index in [0.29, 0.717) is 18.8 Å². The van der Waals surface area contributed by atoms with E-state index in [4.69, 9.17) is 4.11 Å². The first kappa shape index (κ1) is 45.6. The molecule has 64 heavy (non-hydrogen) atoms. The number of hydrogen-bond acceptors (Lipinski definition) is 4. The molecule has 2 aliphatic carbocycles. The third kappa shape index (κ3) is 16.9. The fourth-order valence-corrected chi connectivity index (χ4v) is 8.27. The summed E-state index contributed by atoms with van der Waals surface area (Å²) in [6, 6.07) is 47.2. The summed E-state index contributed by atoms with van der Waals surface area (Å²) in [5.74, 6) is 0.799. The fraction of sp³-hybridized carbons (Fsp3) is 0.373. The van der Waals surface area contributed by atoms with Gasteiger partial charge in [0.15, 0.2) is 5.78 Å². The number of allylic oxidation sites excluding steroid dienone is 2. The van der Waals surface area contributed by atoms with Gasteiger partial charge in [0, 0.05) is 55.5 Å². The average molecular weight is 1030 g/mol. The number of ketones is 1. The minimum Gasteiger partial charge on any atom is -0.512 e. The normalized spacial score (nSPS) is 15.8. The van der Waals surface area contributed by atoms with Crippen molar-refractivity contribution in [3.05, 3.63) is 169 Å². The number of carbonyl (C=O) groups excluding carboxylic acids is 1. The first-order valence-corrected chi connectivity index (χ1v) is 22.9. The van der Waals surface area contributed by atoms with Crippen LogP contribution in [0.3, 0.4) is 0 Å². The molecule has 1 atom stereocenters. The van der Waals surface area contributed by atoms with Crippen LogP contribution in [0, 0.1) is 34.8 Å². The molecule has 0 bridgehead atoms. The van der Waals surface area contributed by atoms with E-state index in [1.165, 1.54) is 42.9 Å². The van der Waals surface area contributed by atoms with Gasteiger partial charge >= 0.3 is 0 Å². The van der Waals surface area contributed by atoms with Crippen molar-refractivity contribution in [3.8, 4) is 44.8 Å². The zero-order valence-corrected chi connectivity index (χ0v) is 41.1. The third-order valence-electron chi connectivity index (χ3n) is 11.2. The Morgan fingerprint density at radius 1 is 0.625 bits per heavy atom. The van der Waals surface area contributed by atoms with Crippen molar-refractivity contribution in [2.75, 3.05) is 0 Å². The van der Waals surface area contributed by atoms with Crippen LogP contribution in [0.25, 0.3) is 44.8 Å². The van der Waals surface area contributed by atoms with Gasteiger partial charge in [0.2, 0.25) is 0 Å². The number of nitrogens with zero attached hydrogens (tertiary/aromatic N) is 2. The maximum absolute atomic E-state index is 11.5. The van der Waals surface area contributed by atoms with Crippen molar-refractivity contribution in [1.82, 2.24) is 9.97 Å². The topological polar surface area (TPSA) is 63.1 Å². The molecule has 2 heterocycles. The van der Waals surface area contributed by atoms with Gasteiger partial charge in [0.25, 0.3) is 0 Å². The Kier molecular flexibility index (Phi) is 17.4. The molecular weight excluding hydrogens is 961 g/mol. The summed E-state index contributed by atoms with van der Waals surface area (Å²) < 4.78 is 25.9. The zero-order valence-electron chi connectivity index (χ0n) is 41.7. The molecule has 1 N–H and O–H groups in total. The minimum absolute atomic E-state index is 0. The number of pyridine rings is 2. The summed E-state index contributed by atoms with van der Waals surface area (Å²) in [5, 5.41) is 9.59. The number of carbonyl (C=O) groups is 1. The molecule has 0 aliphatic heterocycles. The van der Waals surface area contributed by atoms with E-state index in [1.807, 2.05) is 108 Å². The van der Waals surface area contributed by atoms with Crippen molar-refractivity contribution >= 4 is 5.78 Å². The van der Waals surface area contributed by atoms with E-state index < -0.39 is 6.37 Å². The van der Waals surface area contributed by atoms with Gasteiger partial charge in [-0.2, -0.15) is 0 Å². The predicted molar refractivity (Wildman–Crippen MR) is 263 cm³/mol. The van der Waals surface area contributed by atoms with Crippen molar-refractivity contribution in [2.24, 2.45) is 22.7 Å². The Hall–Kier alpha value is -4.96. The summed E-state index contributed by atoms with van der Waals surface area (Å²) in [6.07, 6.45) is 13.6. The van der Waals surface area contributed by atoms with Gasteiger partial charge in [0.1, 0.15) is 0 Å². The number of hydrogen-bond donors (Lipinski definition) is 1. The molecule has 4 nitrogen and oxygen atoms in total. The number of rotatable bonds is 11. The second kappa shape index (κ2) is 24.4. The molecule has 5 heteroatoms. The maximum atomic E-state index is 11.5. The van der Waals surface area contributed by atoms with Gasteiger partial charge in [0.05, 0.1) is 5.76 Å². The van der Waals surface area contributed by atoms with Gasteiger partial charge < -0.3 is 15.1 Å². The molecule has 4 aromatic carbocycles. The van der Waals surface area contributed by atoms with Crippen LogP contribution in [-0.4, -0.2) is 20.9 Å². The van der Waals surface area contributed by atoms with E-state index in [-0.39, 0.29) is 54.8 Å². The second-order valence-corrected chi connectivity index (χ2v) is 19.5. The fourth-order valence-electron chi connectivity index (χ4n) is 8.27. The summed E-state index contributed by atoms with van der Waals surface area (Å²) in [6.45, 7) is 12.1. The molecule has 1 radical (unpaired) electrons. The number of benzene rings is 4. The quantitative estimate of drug-likeness (QED) is 0.0798. The molecule has 0 spiro atoms. The van der Waals surface area contributed by atoms with Gasteiger partial charge in [-0.05, 0) is 70.1 Å². The minimum atomic E-state index is -1.30.